The van der Waals surface area contributed by atoms with Crippen LogP contribution in [-0.2, 0) is 0 Å². The standard InChI is InChI=1S/C10H11N3/c1-8(12-2)13-10-6-4-3-5-9(10)7-11/h3-6H,1-2H3,(H,12,13). The number of aliphatic imine (C=N–C) groups is 1. The Morgan fingerprint density at radius 1 is 1.46 bits per heavy atom. The predicted molar refractivity (Wildman–Crippen MR) is 53.8 cm³/mol. The summed E-state index contributed by atoms with van der Waals surface area (Å²) in [5.41, 5.74) is 1.43. The van der Waals surface area contributed by atoms with Gasteiger partial charge < -0.3 is 5.32 Å². The molecule has 0 saturated heterocycles. The quantitative estimate of drug-likeness (QED) is 0.521. The van der Waals surface area contributed by atoms with Gasteiger partial charge in [-0.05, 0) is 19.1 Å². The number of nitrogens with one attached hydrogen (secondary N) is 1. The second-order valence-electron chi connectivity index (χ2n) is 2.59. The van der Waals surface area contributed by atoms with Gasteiger partial charge >= 0.3 is 0 Å². The molecule has 0 amide bonds. The monoisotopic (exact) mass is 173 g/mol. The molecule has 0 aliphatic rings. The van der Waals surface area contributed by atoms with Crippen LogP contribution in [0.3, 0.4) is 0 Å². The van der Waals surface area contributed by atoms with Crippen molar-refractivity contribution in [2.24, 2.45) is 4.99 Å². The molecule has 0 aliphatic carbocycles. The molecule has 0 fully saturated rings. The highest BCUT2D eigenvalue weighted by atomic mass is 15.0. The number of nitrogens with zero attached hydrogens (tertiary/aromatic N) is 2. The summed E-state index contributed by atoms with van der Waals surface area (Å²) in [5, 5.41) is 11.8. The number of hydrogen-bond acceptors (Lipinski definition) is 2. The van der Waals surface area contributed by atoms with Crippen molar-refractivity contribution in [3.05, 3.63) is 29.8 Å². The number of amidine groups is 1. The maximum atomic E-state index is 8.77. The number of nitriles is 1. The third-order valence-electron chi connectivity index (χ3n) is 1.70. The van der Waals surface area contributed by atoms with Crippen LogP contribution in [0.5, 0.6) is 0 Å². The fraction of sp³-hybridized carbons (Fsp3) is 0.200. The second-order valence-corrected chi connectivity index (χ2v) is 2.59. The van der Waals surface area contributed by atoms with Gasteiger partial charge in [-0.25, -0.2) is 0 Å². The van der Waals surface area contributed by atoms with E-state index in [1.54, 1.807) is 13.1 Å². The van der Waals surface area contributed by atoms with Gasteiger partial charge in [0.1, 0.15) is 6.07 Å². The van der Waals surface area contributed by atoms with Gasteiger partial charge in [0, 0.05) is 7.05 Å². The predicted octanol–water partition coefficient (Wildman–Crippen LogP) is 2.02. The van der Waals surface area contributed by atoms with E-state index in [4.69, 9.17) is 5.26 Å². The number of rotatable bonds is 1. The van der Waals surface area contributed by atoms with E-state index in [1.165, 1.54) is 0 Å². The largest absolute Gasteiger partial charge is 0.343 e. The first-order valence-electron chi connectivity index (χ1n) is 3.97. The molecule has 0 radical (unpaired) electrons. The van der Waals surface area contributed by atoms with Crippen LogP contribution in [-0.4, -0.2) is 12.9 Å². The summed E-state index contributed by atoms with van der Waals surface area (Å²) in [4.78, 5) is 3.96. The topological polar surface area (TPSA) is 48.2 Å². The maximum Gasteiger partial charge on any atom is 0.101 e. The summed E-state index contributed by atoms with van der Waals surface area (Å²) in [5.74, 6) is 0.794. The molecular weight excluding hydrogens is 162 g/mol. The lowest BCUT2D eigenvalue weighted by Crippen LogP contribution is -2.07. The van der Waals surface area contributed by atoms with E-state index in [2.05, 4.69) is 16.4 Å². The first-order chi connectivity index (χ1) is 6.27. The first kappa shape index (κ1) is 9.27. The summed E-state index contributed by atoms with van der Waals surface area (Å²) in [6.07, 6.45) is 0. The van der Waals surface area contributed by atoms with Crippen LogP contribution in [0, 0.1) is 11.3 Å². The Balaban J connectivity index is 2.95. The highest BCUT2D eigenvalue weighted by Crippen LogP contribution is 2.13. The Bertz CT molecular complexity index is 361. The van der Waals surface area contributed by atoms with Crippen LogP contribution in [0.15, 0.2) is 29.3 Å². The van der Waals surface area contributed by atoms with Gasteiger partial charge in [-0.2, -0.15) is 5.26 Å². The first-order valence-corrected chi connectivity index (χ1v) is 3.97. The Morgan fingerprint density at radius 2 is 2.15 bits per heavy atom. The van der Waals surface area contributed by atoms with Crippen LogP contribution in [0.4, 0.5) is 5.69 Å². The molecule has 0 atom stereocenters. The Kier molecular flexibility index (Phi) is 3.04. The number of benzene rings is 1. The van der Waals surface area contributed by atoms with Crippen molar-refractivity contribution >= 4 is 11.5 Å². The van der Waals surface area contributed by atoms with E-state index in [1.807, 2.05) is 25.1 Å². The molecule has 0 heterocycles. The molecule has 0 saturated carbocycles. The fourth-order valence-corrected chi connectivity index (χ4v) is 0.940. The second kappa shape index (κ2) is 4.27. The lowest BCUT2D eigenvalue weighted by molar-refractivity contribution is 1.39. The normalized spacial score (nSPS) is 10.7. The van der Waals surface area contributed by atoms with Crippen molar-refractivity contribution in [2.75, 3.05) is 12.4 Å². The average molecular weight is 173 g/mol. The van der Waals surface area contributed by atoms with Crippen molar-refractivity contribution in [1.29, 1.82) is 5.26 Å². The summed E-state index contributed by atoms with van der Waals surface area (Å²) in [6, 6.07) is 9.45. The molecule has 1 aromatic carbocycles. The summed E-state index contributed by atoms with van der Waals surface area (Å²) in [7, 11) is 1.71. The number of para-hydroxylation sites is 1. The third-order valence-corrected chi connectivity index (χ3v) is 1.70. The van der Waals surface area contributed by atoms with Gasteiger partial charge in [0.05, 0.1) is 17.1 Å². The van der Waals surface area contributed by atoms with Crippen molar-refractivity contribution in [2.45, 2.75) is 6.92 Å². The van der Waals surface area contributed by atoms with Crippen molar-refractivity contribution in [1.82, 2.24) is 0 Å². The highest BCUT2D eigenvalue weighted by molar-refractivity contribution is 5.94. The third kappa shape index (κ3) is 2.31. The molecule has 66 valence electrons. The molecule has 13 heavy (non-hydrogen) atoms. The van der Waals surface area contributed by atoms with Crippen molar-refractivity contribution in [3.8, 4) is 6.07 Å². The van der Waals surface area contributed by atoms with E-state index in [9.17, 15) is 0 Å². The van der Waals surface area contributed by atoms with E-state index in [0.29, 0.717) is 5.56 Å². The van der Waals surface area contributed by atoms with Gasteiger partial charge in [0.2, 0.25) is 0 Å². The zero-order chi connectivity index (χ0) is 9.68. The molecule has 0 bridgehead atoms. The summed E-state index contributed by atoms with van der Waals surface area (Å²) in [6.45, 7) is 1.86. The zero-order valence-corrected chi connectivity index (χ0v) is 7.70. The average Bonchev–Trinajstić information content (AvgIpc) is 2.18. The highest BCUT2D eigenvalue weighted by Gasteiger charge is 1.99. The Hall–Kier alpha value is -1.82. The molecule has 0 aliphatic heterocycles. The minimum Gasteiger partial charge on any atom is -0.343 e. The Labute approximate surface area is 77.7 Å². The molecule has 0 unspecified atom stereocenters. The van der Waals surface area contributed by atoms with Gasteiger partial charge in [-0.3, -0.25) is 4.99 Å². The Morgan fingerprint density at radius 3 is 2.77 bits per heavy atom. The number of anilines is 1. The van der Waals surface area contributed by atoms with Gasteiger partial charge in [-0.15, -0.1) is 0 Å². The van der Waals surface area contributed by atoms with Crippen LogP contribution < -0.4 is 5.32 Å². The molecule has 0 spiro atoms. The SMILES string of the molecule is CN=C(C)Nc1ccccc1C#N. The van der Waals surface area contributed by atoms with E-state index in [-0.39, 0.29) is 0 Å². The summed E-state index contributed by atoms with van der Waals surface area (Å²) < 4.78 is 0. The molecular formula is C10H11N3. The van der Waals surface area contributed by atoms with E-state index >= 15 is 0 Å². The van der Waals surface area contributed by atoms with E-state index < -0.39 is 0 Å². The molecule has 0 aromatic heterocycles. The summed E-state index contributed by atoms with van der Waals surface area (Å²) >= 11 is 0. The zero-order valence-electron chi connectivity index (χ0n) is 7.70. The van der Waals surface area contributed by atoms with Crippen LogP contribution in [0.1, 0.15) is 12.5 Å². The van der Waals surface area contributed by atoms with Gasteiger partial charge in [0.15, 0.2) is 0 Å². The maximum absolute atomic E-state index is 8.77. The van der Waals surface area contributed by atoms with E-state index in [0.717, 1.165) is 11.5 Å². The molecule has 3 nitrogen and oxygen atoms in total. The van der Waals surface area contributed by atoms with Crippen molar-refractivity contribution < 1.29 is 0 Å². The minimum atomic E-state index is 0.630. The minimum absolute atomic E-state index is 0.630. The number of hydrogen-bond donors (Lipinski definition) is 1. The molecule has 1 aromatic rings. The smallest absolute Gasteiger partial charge is 0.101 e. The van der Waals surface area contributed by atoms with Crippen LogP contribution >= 0.6 is 0 Å². The molecule has 1 N–H and O–H groups in total. The van der Waals surface area contributed by atoms with Crippen LogP contribution in [0.25, 0.3) is 0 Å². The van der Waals surface area contributed by atoms with Gasteiger partial charge in [-0.1, -0.05) is 12.1 Å². The lowest BCUT2D eigenvalue weighted by Gasteiger charge is -2.05. The molecule has 1 rings (SSSR count). The molecule has 3 heteroatoms. The fourth-order valence-electron chi connectivity index (χ4n) is 0.940. The van der Waals surface area contributed by atoms with Crippen LogP contribution in [0.2, 0.25) is 0 Å². The lowest BCUT2D eigenvalue weighted by atomic mass is 10.2. The van der Waals surface area contributed by atoms with Gasteiger partial charge in [0.25, 0.3) is 0 Å². The van der Waals surface area contributed by atoms with Crippen molar-refractivity contribution in [3.63, 3.8) is 0 Å².